The Morgan fingerprint density at radius 2 is 2.46 bits per heavy atom. The molecule has 0 aliphatic heterocycles. The van der Waals surface area contributed by atoms with Crippen LogP contribution in [0.15, 0.2) is 6.20 Å². The van der Waals surface area contributed by atoms with Gasteiger partial charge in [-0.2, -0.15) is 0 Å². The molecule has 0 spiro atoms. The summed E-state index contributed by atoms with van der Waals surface area (Å²) >= 11 is 0. The second kappa shape index (κ2) is 5.63. The molecule has 4 N–H and O–H groups in total. The highest BCUT2D eigenvalue weighted by Gasteiger charge is 1.98. The molecule has 6 nitrogen and oxygen atoms in total. The molecule has 1 heterocycles. The molecule has 0 fully saturated rings. The van der Waals surface area contributed by atoms with Crippen LogP contribution in [0.4, 0.5) is 0 Å². The molecule has 0 saturated heterocycles. The van der Waals surface area contributed by atoms with Crippen LogP contribution in [0.25, 0.3) is 0 Å². The van der Waals surface area contributed by atoms with Crippen molar-refractivity contribution in [1.29, 1.82) is 0 Å². The van der Waals surface area contributed by atoms with E-state index >= 15 is 0 Å². The topological polar surface area (TPSA) is 89.0 Å². The Morgan fingerprint density at radius 1 is 1.62 bits per heavy atom. The zero-order chi connectivity index (χ0) is 9.52. The summed E-state index contributed by atoms with van der Waals surface area (Å²) in [6, 6.07) is 0. The summed E-state index contributed by atoms with van der Waals surface area (Å²) in [6.07, 6.45) is 1.81. The molecule has 0 bridgehead atoms. The van der Waals surface area contributed by atoms with Crippen LogP contribution in [0.2, 0.25) is 0 Å². The molecule has 6 heteroatoms. The van der Waals surface area contributed by atoms with Crippen molar-refractivity contribution in [2.75, 3.05) is 19.7 Å². The number of nitrogens with zero attached hydrogens (tertiary/aromatic N) is 3. The molecule has 1 aromatic heterocycles. The monoisotopic (exact) mass is 185 g/mol. The largest absolute Gasteiger partial charge is 0.394 e. The van der Waals surface area contributed by atoms with Gasteiger partial charge in [0.05, 0.1) is 18.8 Å². The third-order valence-electron chi connectivity index (χ3n) is 1.54. The maximum Gasteiger partial charge on any atom is 0.0964 e. The molecule has 0 atom stereocenters. The Morgan fingerprint density at radius 3 is 3.15 bits per heavy atom. The smallest absolute Gasteiger partial charge is 0.0964 e. The van der Waals surface area contributed by atoms with Crippen LogP contribution in [0.5, 0.6) is 0 Å². The summed E-state index contributed by atoms with van der Waals surface area (Å²) in [7, 11) is 0. The van der Waals surface area contributed by atoms with Crippen LogP contribution in [-0.2, 0) is 13.1 Å². The van der Waals surface area contributed by atoms with Gasteiger partial charge < -0.3 is 16.2 Å². The molecule has 0 radical (unpaired) electrons. The van der Waals surface area contributed by atoms with Gasteiger partial charge in [0, 0.05) is 25.8 Å². The van der Waals surface area contributed by atoms with Crippen LogP contribution < -0.4 is 11.1 Å². The number of nitrogens with one attached hydrogen (secondary N) is 1. The number of hydrogen-bond donors (Lipinski definition) is 3. The minimum absolute atomic E-state index is 0.0824. The average Bonchev–Trinajstić information content (AvgIpc) is 2.54. The second-order valence-electron chi connectivity index (χ2n) is 2.66. The summed E-state index contributed by atoms with van der Waals surface area (Å²) < 4.78 is 1.61. The molecule has 1 rings (SSSR count). The Kier molecular flexibility index (Phi) is 4.37. The molecule has 13 heavy (non-hydrogen) atoms. The lowest BCUT2D eigenvalue weighted by atomic mass is 10.4. The predicted molar refractivity (Wildman–Crippen MR) is 47.9 cm³/mol. The molecule has 0 amide bonds. The zero-order valence-electron chi connectivity index (χ0n) is 7.48. The lowest BCUT2D eigenvalue weighted by Crippen LogP contribution is -2.22. The van der Waals surface area contributed by atoms with Gasteiger partial charge >= 0.3 is 0 Å². The third-order valence-corrected chi connectivity index (χ3v) is 1.54. The van der Waals surface area contributed by atoms with E-state index < -0.39 is 0 Å². The van der Waals surface area contributed by atoms with E-state index in [0.29, 0.717) is 19.6 Å². The molecular weight excluding hydrogens is 170 g/mol. The highest BCUT2D eigenvalue weighted by atomic mass is 16.3. The van der Waals surface area contributed by atoms with Gasteiger partial charge in [-0.25, -0.2) is 4.68 Å². The van der Waals surface area contributed by atoms with E-state index in [0.717, 1.165) is 12.2 Å². The van der Waals surface area contributed by atoms with E-state index in [9.17, 15) is 0 Å². The number of aliphatic hydroxyl groups excluding tert-OH is 1. The fourth-order valence-corrected chi connectivity index (χ4v) is 0.950. The van der Waals surface area contributed by atoms with Gasteiger partial charge in [0.1, 0.15) is 0 Å². The van der Waals surface area contributed by atoms with E-state index in [4.69, 9.17) is 10.8 Å². The third kappa shape index (κ3) is 3.49. The van der Waals surface area contributed by atoms with Gasteiger partial charge in [-0.05, 0) is 0 Å². The normalized spacial score (nSPS) is 10.6. The summed E-state index contributed by atoms with van der Waals surface area (Å²) in [5, 5.41) is 19.5. The number of hydrogen-bond acceptors (Lipinski definition) is 5. The predicted octanol–water partition coefficient (Wildman–Crippen LogP) is -1.68. The minimum atomic E-state index is 0.0824. The first kappa shape index (κ1) is 10.1. The van der Waals surface area contributed by atoms with E-state index in [2.05, 4.69) is 15.6 Å². The summed E-state index contributed by atoms with van der Waals surface area (Å²) in [5.41, 5.74) is 6.17. The Bertz CT molecular complexity index is 237. The SMILES string of the molecule is NCCNCc1cn(CCO)nn1. The standard InChI is InChI=1S/C7H15N5O/c8-1-2-9-5-7-6-12(3-4-13)11-10-7/h6,9,13H,1-5,8H2. The minimum Gasteiger partial charge on any atom is -0.394 e. The molecule has 1 aromatic rings. The molecule has 74 valence electrons. The highest BCUT2D eigenvalue weighted by molar-refractivity contribution is 4.91. The van der Waals surface area contributed by atoms with Crippen LogP contribution in [0, 0.1) is 0 Å². The first-order valence-corrected chi connectivity index (χ1v) is 4.27. The lowest BCUT2D eigenvalue weighted by molar-refractivity contribution is 0.268. The van der Waals surface area contributed by atoms with Gasteiger partial charge in [0.25, 0.3) is 0 Å². The average molecular weight is 185 g/mol. The van der Waals surface area contributed by atoms with E-state index in [1.54, 1.807) is 10.9 Å². The summed E-state index contributed by atoms with van der Waals surface area (Å²) in [6.45, 7) is 2.63. The Balaban J connectivity index is 2.31. The highest BCUT2D eigenvalue weighted by Crippen LogP contribution is 1.91. The zero-order valence-corrected chi connectivity index (χ0v) is 7.48. The van der Waals surface area contributed by atoms with Crippen molar-refractivity contribution in [3.05, 3.63) is 11.9 Å². The molecule has 0 aliphatic rings. The van der Waals surface area contributed by atoms with Crippen molar-refractivity contribution in [2.24, 2.45) is 5.73 Å². The Hall–Kier alpha value is -0.980. The van der Waals surface area contributed by atoms with Crippen LogP contribution in [-0.4, -0.2) is 39.8 Å². The van der Waals surface area contributed by atoms with Crippen LogP contribution in [0.1, 0.15) is 5.69 Å². The van der Waals surface area contributed by atoms with Gasteiger partial charge in [0.15, 0.2) is 0 Å². The van der Waals surface area contributed by atoms with E-state index in [1.807, 2.05) is 0 Å². The maximum atomic E-state index is 8.62. The number of rotatable bonds is 6. The Labute approximate surface area is 76.7 Å². The molecular formula is C7H15N5O. The van der Waals surface area contributed by atoms with Gasteiger partial charge in [-0.3, -0.25) is 0 Å². The summed E-state index contributed by atoms with van der Waals surface area (Å²) in [4.78, 5) is 0. The first-order valence-electron chi connectivity index (χ1n) is 4.27. The number of aliphatic hydroxyl groups is 1. The van der Waals surface area contributed by atoms with Crippen molar-refractivity contribution < 1.29 is 5.11 Å². The van der Waals surface area contributed by atoms with Crippen LogP contribution >= 0.6 is 0 Å². The summed E-state index contributed by atoms with van der Waals surface area (Å²) in [5.74, 6) is 0. The van der Waals surface area contributed by atoms with Gasteiger partial charge in [-0.15, -0.1) is 5.10 Å². The molecule has 0 unspecified atom stereocenters. The fourth-order valence-electron chi connectivity index (χ4n) is 0.950. The van der Waals surface area contributed by atoms with E-state index in [-0.39, 0.29) is 6.61 Å². The lowest BCUT2D eigenvalue weighted by Gasteiger charge is -1.97. The maximum absolute atomic E-state index is 8.62. The van der Waals surface area contributed by atoms with Crippen molar-refractivity contribution in [3.8, 4) is 0 Å². The second-order valence-corrected chi connectivity index (χ2v) is 2.66. The van der Waals surface area contributed by atoms with Gasteiger partial charge in [-0.1, -0.05) is 5.21 Å². The first-order chi connectivity index (χ1) is 6.36. The van der Waals surface area contributed by atoms with E-state index in [1.165, 1.54) is 0 Å². The van der Waals surface area contributed by atoms with Crippen molar-refractivity contribution >= 4 is 0 Å². The molecule has 0 saturated carbocycles. The molecule has 0 aliphatic carbocycles. The van der Waals surface area contributed by atoms with Crippen LogP contribution in [0.3, 0.4) is 0 Å². The quantitative estimate of drug-likeness (QED) is 0.461. The number of aromatic nitrogens is 3. The fraction of sp³-hybridized carbons (Fsp3) is 0.714. The molecule has 0 aromatic carbocycles. The van der Waals surface area contributed by atoms with Crippen molar-refractivity contribution in [2.45, 2.75) is 13.1 Å². The van der Waals surface area contributed by atoms with Gasteiger partial charge in [0.2, 0.25) is 0 Å². The van der Waals surface area contributed by atoms with Crippen molar-refractivity contribution in [3.63, 3.8) is 0 Å². The van der Waals surface area contributed by atoms with Crippen molar-refractivity contribution in [1.82, 2.24) is 20.3 Å². The number of nitrogens with two attached hydrogens (primary N) is 1.